The fraction of sp³-hybridized carbons (Fsp3) is 0.417. The summed E-state index contributed by atoms with van der Waals surface area (Å²) in [6.45, 7) is 5.10. The van der Waals surface area contributed by atoms with Crippen molar-refractivity contribution in [3.8, 4) is 0 Å². The lowest BCUT2D eigenvalue weighted by molar-refractivity contribution is -0.132. The van der Waals surface area contributed by atoms with E-state index in [2.05, 4.69) is 78.3 Å². The fourth-order valence-electron chi connectivity index (χ4n) is 4.15. The number of hydrogen-bond acceptors (Lipinski definition) is 5. The lowest BCUT2D eigenvalue weighted by atomic mass is 9.92. The van der Waals surface area contributed by atoms with Crippen LogP contribution in [0.15, 0.2) is 103 Å². The zero-order valence-corrected chi connectivity index (χ0v) is 25.8. The van der Waals surface area contributed by atoms with E-state index in [0.717, 1.165) is 44.9 Å². The molecule has 43 heavy (non-hydrogen) atoms. The number of amides is 2. The van der Waals surface area contributed by atoms with E-state index in [1.54, 1.807) is 19.1 Å². The Morgan fingerprint density at radius 1 is 0.814 bits per heavy atom. The fourth-order valence-corrected chi connectivity index (χ4v) is 4.15. The van der Waals surface area contributed by atoms with Gasteiger partial charge in [-0.25, -0.2) is 0 Å². The molecule has 1 aromatic carbocycles. The Hall–Kier alpha value is -3.97. The highest BCUT2D eigenvalue weighted by Gasteiger charge is 2.43. The van der Waals surface area contributed by atoms with E-state index in [-0.39, 0.29) is 30.6 Å². The van der Waals surface area contributed by atoms with Crippen molar-refractivity contribution in [2.75, 3.05) is 26.3 Å². The lowest BCUT2D eigenvalue weighted by Crippen LogP contribution is -2.33. The molecule has 2 N–H and O–H groups in total. The monoisotopic (exact) mass is 588 g/mol. The van der Waals surface area contributed by atoms with Crippen molar-refractivity contribution in [1.29, 1.82) is 0 Å². The number of unbranched alkanes of at least 4 members (excludes halogenated alkanes) is 1. The molecular weight excluding hydrogens is 540 g/mol. The maximum Gasteiger partial charge on any atom is 0.286 e. The van der Waals surface area contributed by atoms with Crippen molar-refractivity contribution in [2.45, 2.75) is 70.8 Å². The Morgan fingerprint density at radius 3 is 1.98 bits per heavy atom. The predicted octanol–water partition coefficient (Wildman–Crippen LogP) is 6.56. The molecule has 2 amide bonds. The van der Waals surface area contributed by atoms with Crippen LogP contribution in [0, 0.1) is 0 Å². The van der Waals surface area contributed by atoms with Crippen LogP contribution in [0.1, 0.15) is 70.8 Å². The van der Waals surface area contributed by atoms with Gasteiger partial charge in [-0.2, -0.15) is 0 Å². The summed E-state index contributed by atoms with van der Waals surface area (Å²) < 4.78 is 11.2. The van der Waals surface area contributed by atoms with E-state index in [4.69, 9.17) is 9.47 Å². The van der Waals surface area contributed by atoms with Crippen LogP contribution in [-0.2, 0) is 29.5 Å². The lowest BCUT2D eigenvalue weighted by Gasteiger charge is -2.23. The number of benzene rings is 1. The summed E-state index contributed by atoms with van der Waals surface area (Å²) >= 11 is 0. The third-order valence-electron chi connectivity index (χ3n) is 6.63. The minimum Gasteiger partial charge on any atom is -0.469 e. The molecule has 1 atom stereocenters. The molecule has 1 aliphatic heterocycles. The minimum absolute atomic E-state index is 0.000654. The van der Waals surface area contributed by atoms with Crippen molar-refractivity contribution in [2.24, 2.45) is 0 Å². The number of allylic oxidation sites excluding steroid dienone is 10. The Bertz CT molecular complexity index is 1160. The van der Waals surface area contributed by atoms with Gasteiger partial charge in [0.25, 0.3) is 5.91 Å². The summed E-state index contributed by atoms with van der Waals surface area (Å²) in [5.74, 6) is -0.736. The molecule has 0 aromatic heterocycles. The second-order valence-corrected chi connectivity index (χ2v) is 10.2. The Labute approximate surface area is 257 Å². The number of carbonyl (C=O) groups is 3. The predicted molar refractivity (Wildman–Crippen MR) is 173 cm³/mol. The Balaban J connectivity index is 1.42. The second-order valence-electron chi connectivity index (χ2n) is 10.2. The van der Waals surface area contributed by atoms with Crippen LogP contribution in [0.2, 0.25) is 0 Å². The van der Waals surface area contributed by atoms with Crippen LogP contribution in [0.5, 0.6) is 0 Å². The molecule has 7 nitrogen and oxygen atoms in total. The number of rotatable bonds is 21. The van der Waals surface area contributed by atoms with Crippen molar-refractivity contribution < 1.29 is 23.9 Å². The van der Waals surface area contributed by atoms with Gasteiger partial charge >= 0.3 is 0 Å². The topological polar surface area (TPSA) is 93.7 Å². The minimum atomic E-state index is -1.20. The van der Waals surface area contributed by atoms with E-state index in [0.29, 0.717) is 25.1 Å². The first kappa shape index (κ1) is 35.2. The van der Waals surface area contributed by atoms with Crippen LogP contribution >= 0.6 is 0 Å². The van der Waals surface area contributed by atoms with E-state index in [1.807, 2.05) is 18.2 Å². The van der Waals surface area contributed by atoms with Crippen molar-refractivity contribution in [1.82, 2.24) is 10.6 Å². The molecule has 232 valence electrons. The van der Waals surface area contributed by atoms with Crippen molar-refractivity contribution >= 4 is 17.6 Å². The normalized spacial score (nSPS) is 17.1. The van der Waals surface area contributed by atoms with Crippen LogP contribution in [0.25, 0.3) is 0 Å². The first-order valence-electron chi connectivity index (χ1n) is 15.4. The molecule has 0 spiro atoms. The van der Waals surface area contributed by atoms with Gasteiger partial charge in [-0.1, -0.05) is 98.0 Å². The van der Waals surface area contributed by atoms with Gasteiger partial charge in [0.2, 0.25) is 11.7 Å². The third-order valence-corrected chi connectivity index (χ3v) is 6.63. The molecule has 0 aliphatic carbocycles. The first-order valence-corrected chi connectivity index (χ1v) is 15.4. The molecule has 0 radical (unpaired) electrons. The maximum absolute atomic E-state index is 12.5. The van der Waals surface area contributed by atoms with Gasteiger partial charge < -0.3 is 20.1 Å². The van der Waals surface area contributed by atoms with E-state index in [9.17, 15) is 14.4 Å². The van der Waals surface area contributed by atoms with Crippen LogP contribution in [-0.4, -0.2) is 43.9 Å². The Morgan fingerprint density at radius 2 is 1.37 bits per heavy atom. The summed E-state index contributed by atoms with van der Waals surface area (Å²) in [6, 6.07) is 9.09. The number of ether oxygens (including phenoxy) is 2. The molecule has 0 bridgehead atoms. The number of carbonyl (C=O) groups excluding carboxylic acids is 3. The van der Waals surface area contributed by atoms with E-state index in [1.165, 1.54) is 6.08 Å². The second kappa shape index (κ2) is 21.7. The van der Waals surface area contributed by atoms with Gasteiger partial charge in [0.15, 0.2) is 11.4 Å². The standard InChI is InChI=1S/C36H48N2O5/c1-3-4-5-6-7-8-9-10-11-12-13-14-15-16-17-18-22-25-34(40)37-26-28-42-29-27-38-35(41)32-30-33(39)36(2,43-32)31-23-20-19-21-24-31/h4-5,7-8,10-11,13-14,16-17,19-21,23-24,30H,3,6,9,12,15,18,22,25-29H2,1-2H3,(H,37,40)(H,38,41). The molecule has 1 heterocycles. The SMILES string of the molecule is CCC=CCC=CCC=CCC=CCC=CCCCC(=O)NCCOCCNC(=O)C1=CC(=O)C(C)(c2ccccc2)O1. The van der Waals surface area contributed by atoms with Gasteiger partial charge in [-0.3, -0.25) is 14.4 Å². The van der Waals surface area contributed by atoms with Gasteiger partial charge in [-0.05, 0) is 51.9 Å². The van der Waals surface area contributed by atoms with Crippen LogP contribution < -0.4 is 10.6 Å². The number of nitrogens with one attached hydrogen (secondary N) is 2. The van der Waals surface area contributed by atoms with Gasteiger partial charge in [-0.15, -0.1) is 0 Å². The summed E-state index contributed by atoms with van der Waals surface area (Å²) in [4.78, 5) is 36.9. The highest BCUT2D eigenvalue weighted by molar-refractivity contribution is 6.07. The zero-order chi connectivity index (χ0) is 31.0. The van der Waals surface area contributed by atoms with Gasteiger partial charge in [0, 0.05) is 31.1 Å². The van der Waals surface area contributed by atoms with E-state index >= 15 is 0 Å². The quantitative estimate of drug-likeness (QED) is 0.125. The molecular formula is C36H48N2O5. The molecule has 0 saturated carbocycles. The summed E-state index contributed by atoms with van der Waals surface area (Å²) in [5, 5.41) is 5.54. The molecule has 0 saturated heterocycles. The highest BCUT2D eigenvalue weighted by Crippen LogP contribution is 2.34. The summed E-state index contributed by atoms with van der Waals surface area (Å²) in [6.07, 6.45) is 30.0. The molecule has 0 fully saturated rings. The van der Waals surface area contributed by atoms with E-state index < -0.39 is 11.5 Å². The summed E-state index contributed by atoms with van der Waals surface area (Å²) in [5.41, 5.74) is -0.504. The first-order chi connectivity index (χ1) is 21.0. The van der Waals surface area contributed by atoms with Crippen LogP contribution in [0.4, 0.5) is 0 Å². The van der Waals surface area contributed by atoms with Gasteiger partial charge in [0.1, 0.15) is 0 Å². The number of hydrogen-bond donors (Lipinski definition) is 2. The summed E-state index contributed by atoms with van der Waals surface area (Å²) in [7, 11) is 0. The number of ketones is 1. The smallest absolute Gasteiger partial charge is 0.286 e. The van der Waals surface area contributed by atoms with Crippen LogP contribution in [0.3, 0.4) is 0 Å². The zero-order valence-electron chi connectivity index (χ0n) is 25.8. The largest absolute Gasteiger partial charge is 0.469 e. The molecule has 1 aromatic rings. The molecule has 7 heteroatoms. The van der Waals surface area contributed by atoms with Gasteiger partial charge in [0.05, 0.1) is 13.2 Å². The molecule has 1 unspecified atom stereocenters. The third kappa shape index (κ3) is 14.7. The van der Waals surface area contributed by atoms with Crippen molar-refractivity contribution in [3.05, 3.63) is 108 Å². The molecule has 2 rings (SSSR count). The van der Waals surface area contributed by atoms with Crippen molar-refractivity contribution in [3.63, 3.8) is 0 Å². The Kier molecular flexibility index (Phi) is 17.8. The highest BCUT2D eigenvalue weighted by atomic mass is 16.5. The average molecular weight is 589 g/mol. The molecule has 1 aliphatic rings. The maximum atomic E-state index is 12.5. The average Bonchev–Trinajstić information content (AvgIpc) is 3.33.